The van der Waals surface area contributed by atoms with Gasteiger partial charge < -0.3 is 26.0 Å². The topological polar surface area (TPSA) is 105 Å². The molecule has 0 saturated carbocycles. The lowest BCUT2D eigenvalue weighted by Crippen LogP contribution is -2.44. The number of ether oxygens (including phenoxy) is 1. The van der Waals surface area contributed by atoms with Crippen LogP contribution < -0.4 is 15.8 Å². The van der Waals surface area contributed by atoms with Gasteiger partial charge in [0.05, 0.1) is 12.6 Å². The summed E-state index contributed by atoms with van der Waals surface area (Å²) in [6.07, 6.45) is -1.05. The molecule has 6 nitrogen and oxygen atoms in total. The van der Waals surface area contributed by atoms with Crippen LogP contribution in [0.4, 0.5) is 5.69 Å². The van der Waals surface area contributed by atoms with Gasteiger partial charge >= 0.3 is 0 Å². The number of carbonyl (C=O) groups is 1. The number of aliphatic hydroxyl groups excluding tert-OH is 2. The van der Waals surface area contributed by atoms with Gasteiger partial charge in [-0.1, -0.05) is 18.2 Å². The fourth-order valence-corrected chi connectivity index (χ4v) is 2.56. The average Bonchev–Trinajstić information content (AvgIpc) is 2.57. The van der Waals surface area contributed by atoms with E-state index in [-0.39, 0.29) is 6.61 Å². The van der Waals surface area contributed by atoms with Crippen molar-refractivity contribution in [1.29, 1.82) is 0 Å². The second-order valence-electron chi connectivity index (χ2n) is 6.08. The van der Waals surface area contributed by atoms with Gasteiger partial charge in [-0.3, -0.25) is 4.79 Å². The van der Waals surface area contributed by atoms with E-state index in [2.05, 4.69) is 5.32 Å². The highest BCUT2D eigenvalue weighted by Crippen LogP contribution is 2.19. The average molecular weight is 344 g/mol. The van der Waals surface area contributed by atoms with E-state index >= 15 is 0 Å². The standard InChI is InChI=1S/C19H24N2O4/c1-12-7-13(2)9-16(8-12)25-11-18(23)21-17(10-22)19(24)14-3-5-15(20)6-4-14/h3-9,17,19,22,24H,10-11,20H2,1-2H3,(H,21,23). The van der Waals surface area contributed by atoms with Gasteiger partial charge in [0.1, 0.15) is 11.9 Å². The highest BCUT2D eigenvalue weighted by molar-refractivity contribution is 5.78. The van der Waals surface area contributed by atoms with Crippen LogP contribution in [0.1, 0.15) is 22.8 Å². The second kappa shape index (κ2) is 8.50. The van der Waals surface area contributed by atoms with Gasteiger partial charge in [-0.2, -0.15) is 0 Å². The highest BCUT2D eigenvalue weighted by atomic mass is 16.5. The first-order valence-corrected chi connectivity index (χ1v) is 8.04. The fraction of sp³-hybridized carbons (Fsp3) is 0.316. The van der Waals surface area contributed by atoms with Crippen LogP contribution in [-0.2, 0) is 4.79 Å². The van der Waals surface area contributed by atoms with Gasteiger partial charge in [0, 0.05) is 5.69 Å². The molecule has 0 aliphatic carbocycles. The first-order valence-electron chi connectivity index (χ1n) is 8.04. The molecule has 0 aliphatic heterocycles. The zero-order valence-electron chi connectivity index (χ0n) is 14.4. The monoisotopic (exact) mass is 344 g/mol. The van der Waals surface area contributed by atoms with Crippen molar-refractivity contribution in [2.24, 2.45) is 0 Å². The van der Waals surface area contributed by atoms with Crippen molar-refractivity contribution in [1.82, 2.24) is 5.32 Å². The molecular weight excluding hydrogens is 320 g/mol. The van der Waals surface area contributed by atoms with Crippen LogP contribution in [0.2, 0.25) is 0 Å². The fourth-order valence-electron chi connectivity index (χ4n) is 2.56. The Kier molecular flexibility index (Phi) is 6.38. The number of hydrogen-bond donors (Lipinski definition) is 4. The number of aryl methyl sites for hydroxylation is 2. The minimum absolute atomic E-state index is 0.201. The number of hydrogen-bond acceptors (Lipinski definition) is 5. The molecule has 1 amide bonds. The zero-order valence-corrected chi connectivity index (χ0v) is 14.4. The number of nitrogen functional groups attached to an aromatic ring is 1. The molecule has 0 aliphatic rings. The van der Waals surface area contributed by atoms with Crippen molar-refractivity contribution in [2.75, 3.05) is 18.9 Å². The Bertz CT molecular complexity index is 696. The molecule has 0 spiro atoms. The van der Waals surface area contributed by atoms with Gasteiger partial charge in [-0.25, -0.2) is 0 Å². The van der Waals surface area contributed by atoms with Gasteiger partial charge in [-0.05, 0) is 54.8 Å². The van der Waals surface area contributed by atoms with Crippen LogP contribution in [0.15, 0.2) is 42.5 Å². The molecule has 6 heteroatoms. The van der Waals surface area contributed by atoms with Gasteiger partial charge in [-0.15, -0.1) is 0 Å². The minimum atomic E-state index is -1.05. The van der Waals surface area contributed by atoms with Crippen molar-refractivity contribution < 1.29 is 19.7 Å². The van der Waals surface area contributed by atoms with E-state index in [4.69, 9.17) is 10.5 Å². The van der Waals surface area contributed by atoms with E-state index in [1.54, 1.807) is 24.3 Å². The molecule has 0 radical (unpaired) electrons. The number of rotatable bonds is 7. The molecule has 2 unspecified atom stereocenters. The Labute approximate surface area is 147 Å². The maximum Gasteiger partial charge on any atom is 0.258 e. The van der Waals surface area contributed by atoms with Crippen LogP contribution in [0, 0.1) is 13.8 Å². The third-order valence-corrected chi connectivity index (χ3v) is 3.77. The predicted molar refractivity (Wildman–Crippen MR) is 96.2 cm³/mol. The summed E-state index contributed by atoms with van der Waals surface area (Å²) in [6.45, 7) is 3.30. The number of aliphatic hydroxyl groups is 2. The van der Waals surface area contributed by atoms with Crippen molar-refractivity contribution in [2.45, 2.75) is 26.0 Å². The Hall–Kier alpha value is -2.57. The van der Waals surface area contributed by atoms with E-state index < -0.39 is 24.7 Å². The highest BCUT2D eigenvalue weighted by Gasteiger charge is 2.22. The summed E-state index contributed by atoms with van der Waals surface area (Å²) in [6, 6.07) is 11.5. The molecule has 5 N–H and O–H groups in total. The number of anilines is 1. The molecule has 2 atom stereocenters. The maximum atomic E-state index is 12.1. The normalized spacial score (nSPS) is 13.1. The minimum Gasteiger partial charge on any atom is -0.484 e. The van der Waals surface area contributed by atoms with E-state index in [0.29, 0.717) is 17.0 Å². The summed E-state index contributed by atoms with van der Waals surface area (Å²) >= 11 is 0. The number of amides is 1. The third kappa shape index (κ3) is 5.48. The van der Waals surface area contributed by atoms with Crippen LogP contribution in [-0.4, -0.2) is 35.4 Å². The zero-order chi connectivity index (χ0) is 18.4. The molecule has 25 heavy (non-hydrogen) atoms. The lowest BCUT2D eigenvalue weighted by Gasteiger charge is -2.22. The Balaban J connectivity index is 1.93. The molecule has 0 saturated heterocycles. The number of nitrogens with two attached hydrogens (primary N) is 1. The quantitative estimate of drug-likeness (QED) is 0.570. The SMILES string of the molecule is Cc1cc(C)cc(OCC(=O)NC(CO)C(O)c2ccc(N)cc2)c1. The third-order valence-electron chi connectivity index (χ3n) is 3.77. The molecular formula is C19H24N2O4. The second-order valence-corrected chi connectivity index (χ2v) is 6.08. The summed E-state index contributed by atoms with van der Waals surface area (Å²) in [5.74, 6) is 0.181. The molecule has 0 fully saturated rings. The summed E-state index contributed by atoms with van der Waals surface area (Å²) in [5, 5.41) is 22.4. The first-order chi connectivity index (χ1) is 11.9. The lowest BCUT2D eigenvalue weighted by molar-refractivity contribution is -0.125. The summed E-state index contributed by atoms with van der Waals surface area (Å²) in [4.78, 5) is 12.1. The van der Waals surface area contributed by atoms with Crippen molar-refractivity contribution >= 4 is 11.6 Å². The number of carbonyl (C=O) groups excluding carboxylic acids is 1. The van der Waals surface area contributed by atoms with Gasteiger partial charge in [0.25, 0.3) is 5.91 Å². The summed E-state index contributed by atoms with van der Waals surface area (Å²) in [7, 11) is 0. The lowest BCUT2D eigenvalue weighted by atomic mass is 10.0. The van der Waals surface area contributed by atoms with Gasteiger partial charge in [0.2, 0.25) is 0 Å². The van der Waals surface area contributed by atoms with E-state index in [1.807, 2.05) is 32.0 Å². The van der Waals surface area contributed by atoms with E-state index in [0.717, 1.165) is 11.1 Å². The van der Waals surface area contributed by atoms with Crippen molar-refractivity contribution in [3.05, 3.63) is 59.2 Å². The smallest absolute Gasteiger partial charge is 0.258 e. The van der Waals surface area contributed by atoms with E-state index in [1.165, 1.54) is 0 Å². The molecule has 2 aromatic rings. The number of nitrogens with one attached hydrogen (secondary N) is 1. The molecule has 2 rings (SSSR count). The summed E-state index contributed by atoms with van der Waals surface area (Å²) in [5.41, 5.74) is 8.83. The Morgan fingerprint density at radius 1 is 1.16 bits per heavy atom. The Morgan fingerprint density at radius 3 is 2.32 bits per heavy atom. The van der Waals surface area contributed by atoms with Crippen molar-refractivity contribution in [3.63, 3.8) is 0 Å². The summed E-state index contributed by atoms with van der Waals surface area (Å²) < 4.78 is 5.48. The molecule has 0 heterocycles. The predicted octanol–water partition coefficient (Wildman–Crippen LogP) is 1.48. The van der Waals surface area contributed by atoms with Gasteiger partial charge in [0.15, 0.2) is 6.61 Å². The van der Waals surface area contributed by atoms with Crippen molar-refractivity contribution in [3.8, 4) is 5.75 Å². The van der Waals surface area contributed by atoms with Crippen LogP contribution in [0.25, 0.3) is 0 Å². The molecule has 134 valence electrons. The first kappa shape index (κ1) is 18.8. The number of benzene rings is 2. The van der Waals surface area contributed by atoms with Crippen LogP contribution in [0.5, 0.6) is 5.75 Å². The Morgan fingerprint density at radius 2 is 1.76 bits per heavy atom. The molecule has 0 aromatic heterocycles. The maximum absolute atomic E-state index is 12.1. The molecule has 2 aromatic carbocycles. The van der Waals surface area contributed by atoms with E-state index in [9.17, 15) is 15.0 Å². The van der Waals surface area contributed by atoms with Crippen LogP contribution in [0.3, 0.4) is 0 Å². The van der Waals surface area contributed by atoms with Crippen LogP contribution >= 0.6 is 0 Å². The largest absolute Gasteiger partial charge is 0.484 e. The molecule has 0 bridgehead atoms.